The van der Waals surface area contributed by atoms with Crippen LogP contribution in [0.2, 0.25) is 0 Å². The number of nitrogens with one attached hydrogen (secondary N) is 1. The highest BCUT2D eigenvalue weighted by Gasteiger charge is 2.18. The van der Waals surface area contributed by atoms with Crippen molar-refractivity contribution in [3.63, 3.8) is 0 Å². The molecule has 17 heavy (non-hydrogen) atoms. The third kappa shape index (κ3) is 4.03. The molecule has 2 rings (SSSR count). The van der Waals surface area contributed by atoms with Crippen LogP contribution >= 0.6 is 0 Å². The van der Waals surface area contributed by atoms with Gasteiger partial charge in [-0.05, 0) is 12.6 Å². The monoisotopic (exact) mass is 236 g/mol. The van der Waals surface area contributed by atoms with Crippen LogP contribution in [0.4, 0.5) is 0 Å². The minimum absolute atomic E-state index is 0.297. The summed E-state index contributed by atoms with van der Waals surface area (Å²) >= 11 is 0. The molecular formula is C12H20N4O. The van der Waals surface area contributed by atoms with Gasteiger partial charge >= 0.3 is 0 Å². The second kappa shape index (κ2) is 6.64. The van der Waals surface area contributed by atoms with Gasteiger partial charge in [0.15, 0.2) is 0 Å². The number of nitrogens with zero attached hydrogens (tertiary/aromatic N) is 3. The van der Waals surface area contributed by atoms with E-state index in [0.717, 1.165) is 45.0 Å². The van der Waals surface area contributed by atoms with Crippen molar-refractivity contribution in [3.05, 3.63) is 24.3 Å². The minimum Gasteiger partial charge on any atom is -0.374 e. The lowest BCUT2D eigenvalue weighted by atomic mass is 10.2. The summed E-state index contributed by atoms with van der Waals surface area (Å²) in [6, 6.07) is 1.92. The standard InChI is InChI=1S/C12H20N4O/c1-2-16-5-6-17-12(9-16)8-14-7-11-3-4-13-10-15-11/h3-4,10,12,14H,2,5-9H2,1H3. The lowest BCUT2D eigenvalue weighted by Crippen LogP contribution is -2.46. The van der Waals surface area contributed by atoms with Crippen LogP contribution < -0.4 is 5.32 Å². The Morgan fingerprint density at radius 2 is 2.53 bits per heavy atom. The molecule has 1 aromatic heterocycles. The maximum atomic E-state index is 5.71. The van der Waals surface area contributed by atoms with E-state index < -0.39 is 0 Å². The van der Waals surface area contributed by atoms with Gasteiger partial charge in [-0.15, -0.1) is 0 Å². The SMILES string of the molecule is CCN1CCOC(CNCc2ccncn2)C1. The van der Waals surface area contributed by atoms with Crippen molar-refractivity contribution >= 4 is 0 Å². The van der Waals surface area contributed by atoms with Crippen LogP contribution in [0, 0.1) is 0 Å². The first kappa shape index (κ1) is 12.4. The topological polar surface area (TPSA) is 50.3 Å². The maximum absolute atomic E-state index is 5.71. The Labute approximate surface area is 102 Å². The third-order valence-electron chi connectivity index (χ3n) is 2.99. The van der Waals surface area contributed by atoms with Gasteiger partial charge in [0, 0.05) is 32.4 Å². The van der Waals surface area contributed by atoms with Crippen molar-refractivity contribution in [2.75, 3.05) is 32.8 Å². The fourth-order valence-corrected chi connectivity index (χ4v) is 1.98. The molecule has 5 heteroatoms. The van der Waals surface area contributed by atoms with Gasteiger partial charge in [0.2, 0.25) is 0 Å². The fourth-order valence-electron chi connectivity index (χ4n) is 1.98. The van der Waals surface area contributed by atoms with E-state index >= 15 is 0 Å². The number of ether oxygens (including phenoxy) is 1. The van der Waals surface area contributed by atoms with E-state index in [1.807, 2.05) is 6.07 Å². The summed E-state index contributed by atoms with van der Waals surface area (Å²) in [7, 11) is 0. The molecule has 1 saturated heterocycles. The summed E-state index contributed by atoms with van der Waals surface area (Å²) in [4.78, 5) is 10.5. The molecule has 0 aromatic carbocycles. The molecule has 0 amide bonds. The first-order valence-corrected chi connectivity index (χ1v) is 6.18. The van der Waals surface area contributed by atoms with E-state index in [1.54, 1.807) is 12.5 Å². The molecule has 0 radical (unpaired) electrons. The number of aromatic nitrogens is 2. The second-order valence-electron chi connectivity index (χ2n) is 4.22. The molecule has 1 N–H and O–H groups in total. The molecule has 5 nitrogen and oxygen atoms in total. The number of hydrogen-bond acceptors (Lipinski definition) is 5. The first-order valence-electron chi connectivity index (χ1n) is 6.18. The van der Waals surface area contributed by atoms with Crippen LogP contribution in [0.15, 0.2) is 18.6 Å². The van der Waals surface area contributed by atoms with E-state index in [0.29, 0.717) is 6.10 Å². The zero-order chi connectivity index (χ0) is 11.9. The molecule has 1 atom stereocenters. The van der Waals surface area contributed by atoms with Crippen molar-refractivity contribution in [1.29, 1.82) is 0 Å². The Morgan fingerprint density at radius 3 is 3.29 bits per heavy atom. The fraction of sp³-hybridized carbons (Fsp3) is 0.667. The van der Waals surface area contributed by atoms with Crippen molar-refractivity contribution in [1.82, 2.24) is 20.2 Å². The van der Waals surface area contributed by atoms with Gasteiger partial charge < -0.3 is 10.1 Å². The van der Waals surface area contributed by atoms with Crippen molar-refractivity contribution in [3.8, 4) is 0 Å². The molecule has 1 unspecified atom stereocenters. The second-order valence-corrected chi connectivity index (χ2v) is 4.22. The summed E-state index contributed by atoms with van der Waals surface area (Å²) in [6.45, 7) is 7.86. The molecule has 0 spiro atoms. The van der Waals surface area contributed by atoms with Crippen LogP contribution in [-0.2, 0) is 11.3 Å². The van der Waals surface area contributed by atoms with Crippen LogP contribution in [0.5, 0.6) is 0 Å². The normalized spacial score (nSPS) is 21.6. The van der Waals surface area contributed by atoms with Crippen LogP contribution in [-0.4, -0.2) is 53.8 Å². The molecule has 1 aromatic rings. The zero-order valence-corrected chi connectivity index (χ0v) is 10.3. The molecule has 94 valence electrons. The van der Waals surface area contributed by atoms with E-state index in [1.165, 1.54) is 0 Å². The number of hydrogen-bond donors (Lipinski definition) is 1. The molecular weight excluding hydrogens is 216 g/mol. The van der Waals surface area contributed by atoms with E-state index in [9.17, 15) is 0 Å². The van der Waals surface area contributed by atoms with Gasteiger partial charge in [-0.25, -0.2) is 9.97 Å². The minimum atomic E-state index is 0.297. The van der Waals surface area contributed by atoms with Crippen molar-refractivity contribution in [2.45, 2.75) is 19.6 Å². The summed E-state index contributed by atoms with van der Waals surface area (Å²) < 4.78 is 5.71. The van der Waals surface area contributed by atoms with Crippen LogP contribution in [0.25, 0.3) is 0 Å². The lowest BCUT2D eigenvalue weighted by Gasteiger charge is -2.32. The maximum Gasteiger partial charge on any atom is 0.115 e. The highest BCUT2D eigenvalue weighted by atomic mass is 16.5. The smallest absolute Gasteiger partial charge is 0.115 e. The molecule has 0 bridgehead atoms. The third-order valence-corrected chi connectivity index (χ3v) is 2.99. The number of likely N-dealkylation sites (N-methyl/N-ethyl adjacent to an activating group) is 1. The summed E-state index contributed by atoms with van der Waals surface area (Å²) in [5.41, 5.74) is 1.02. The summed E-state index contributed by atoms with van der Waals surface area (Å²) in [5.74, 6) is 0. The first-order chi connectivity index (χ1) is 8.38. The average Bonchev–Trinajstić information content (AvgIpc) is 2.40. The molecule has 1 aliphatic heterocycles. The van der Waals surface area contributed by atoms with Gasteiger partial charge in [-0.2, -0.15) is 0 Å². The van der Waals surface area contributed by atoms with E-state index in [2.05, 4.69) is 27.1 Å². The Morgan fingerprint density at radius 1 is 1.59 bits per heavy atom. The van der Waals surface area contributed by atoms with Crippen molar-refractivity contribution < 1.29 is 4.74 Å². The zero-order valence-electron chi connectivity index (χ0n) is 10.3. The van der Waals surface area contributed by atoms with Crippen molar-refractivity contribution in [2.24, 2.45) is 0 Å². The highest BCUT2D eigenvalue weighted by molar-refractivity contribution is 4.96. The predicted octanol–water partition coefficient (Wildman–Crippen LogP) is 0.287. The van der Waals surface area contributed by atoms with Crippen LogP contribution in [0.3, 0.4) is 0 Å². The van der Waals surface area contributed by atoms with Gasteiger partial charge in [0.25, 0.3) is 0 Å². The van der Waals surface area contributed by atoms with Gasteiger partial charge in [0.1, 0.15) is 6.33 Å². The van der Waals surface area contributed by atoms with Crippen LogP contribution in [0.1, 0.15) is 12.6 Å². The molecule has 1 aliphatic rings. The Kier molecular flexibility index (Phi) is 4.85. The quantitative estimate of drug-likeness (QED) is 0.796. The van der Waals surface area contributed by atoms with E-state index in [-0.39, 0.29) is 0 Å². The largest absolute Gasteiger partial charge is 0.374 e. The molecule has 0 saturated carbocycles. The molecule has 0 aliphatic carbocycles. The van der Waals surface area contributed by atoms with E-state index in [4.69, 9.17) is 4.74 Å². The molecule has 1 fully saturated rings. The van der Waals surface area contributed by atoms with Gasteiger partial charge in [-0.3, -0.25) is 4.90 Å². The number of rotatable bonds is 5. The average molecular weight is 236 g/mol. The number of morpholine rings is 1. The highest BCUT2D eigenvalue weighted by Crippen LogP contribution is 2.03. The summed E-state index contributed by atoms with van der Waals surface area (Å²) in [5, 5.41) is 3.37. The summed E-state index contributed by atoms with van der Waals surface area (Å²) in [6.07, 6.45) is 3.64. The predicted molar refractivity (Wildman–Crippen MR) is 65.6 cm³/mol. The molecule has 2 heterocycles. The van der Waals surface area contributed by atoms with Gasteiger partial charge in [-0.1, -0.05) is 6.92 Å². The Balaban J connectivity index is 1.68. The van der Waals surface area contributed by atoms with Gasteiger partial charge in [0.05, 0.1) is 18.4 Å². The Bertz CT molecular complexity index is 320. The Hall–Kier alpha value is -1.04. The lowest BCUT2D eigenvalue weighted by molar-refractivity contribution is -0.0254.